The molecule has 1 aromatic rings. The van der Waals surface area contributed by atoms with Gasteiger partial charge in [0.1, 0.15) is 11.9 Å². The van der Waals surface area contributed by atoms with Crippen LogP contribution in [0.3, 0.4) is 0 Å². The zero-order valence-corrected chi connectivity index (χ0v) is 8.64. The van der Waals surface area contributed by atoms with E-state index < -0.39 is 5.82 Å². The van der Waals surface area contributed by atoms with Gasteiger partial charge in [0.05, 0.1) is 5.69 Å². The van der Waals surface area contributed by atoms with Gasteiger partial charge in [0.25, 0.3) is 0 Å². The van der Waals surface area contributed by atoms with E-state index in [4.69, 9.17) is 11.6 Å². The summed E-state index contributed by atoms with van der Waals surface area (Å²) in [6.45, 7) is 0.624. The second-order valence-corrected chi connectivity index (χ2v) is 3.84. The Labute approximate surface area is 91.6 Å². The number of halogens is 2. The number of hydrogen-bond donors (Lipinski definition) is 2. The number of carbonyl (C=O) groups excluding carboxylic acids is 1. The van der Waals surface area contributed by atoms with Crippen molar-refractivity contribution in [2.45, 2.75) is 12.5 Å². The molecule has 1 heterocycles. The van der Waals surface area contributed by atoms with Gasteiger partial charge >= 0.3 is 0 Å². The normalized spacial score (nSPS) is 20.1. The summed E-state index contributed by atoms with van der Waals surface area (Å²) in [5.41, 5.74) is 0.268. The third-order valence-corrected chi connectivity index (χ3v) is 2.54. The Bertz CT molecular complexity index is 397. The molecular weight excluding hydrogens is 219 g/mol. The molecule has 0 aromatic heterocycles. The van der Waals surface area contributed by atoms with Gasteiger partial charge in [0.15, 0.2) is 0 Å². The summed E-state index contributed by atoms with van der Waals surface area (Å²) >= 11 is 5.73. The topological polar surface area (TPSA) is 41.1 Å². The van der Waals surface area contributed by atoms with Crippen molar-refractivity contribution in [3.05, 3.63) is 29.0 Å². The van der Waals surface area contributed by atoms with Crippen LogP contribution in [0.5, 0.6) is 0 Å². The van der Waals surface area contributed by atoms with Gasteiger partial charge in [0.2, 0.25) is 5.91 Å². The average molecular weight is 229 g/mol. The van der Waals surface area contributed by atoms with Gasteiger partial charge in [-0.1, -0.05) is 11.6 Å². The molecule has 1 aromatic carbocycles. The fourth-order valence-corrected chi connectivity index (χ4v) is 1.70. The monoisotopic (exact) mass is 228 g/mol. The summed E-state index contributed by atoms with van der Waals surface area (Å²) < 4.78 is 13.3. The van der Waals surface area contributed by atoms with E-state index in [1.165, 1.54) is 18.2 Å². The first-order valence-electron chi connectivity index (χ1n) is 4.66. The summed E-state index contributed by atoms with van der Waals surface area (Å²) in [6.07, 6.45) is 0.658. The van der Waals surface area contributed by atoms with Crippen molar-refractivity contribution in [1.29, 1.82) is 0 Å². The Morgan fingerprint density at radius 1 is 1.53 bits per heavy atom. The lowest BCUT2D eigenvalue weighted by Gasteiger charge is -2.12. The van der Waals surface area contributed by atoms with Gasteiger partial charge in [-0.25, -0.2) is 4.39 Å². The quantitative estimate of drug-likeness (QED) is 0.810. The molecule has 0 aliphatic carbocycles. The third kappa shape index (κ3) is 2.21. The zero-order valence-electron chi connectivity index (χ0n) is 7.89. The van der Waals surface area contributed by atoms with Gasteiger partial charge in [-0.2, -0.15) is 0 Å². The molecule has 0 bridgehead atoms. The van der Waals surface area contributed by atoms with Crippen molar-refractivity contribution < 1.29 is 9.18 Å². The highest BCUT2D eigenvalue weighted by atomic mass is 35.5. The Hall–Kier alpha value is -1.29. The van der Waals surface area contributed by atoms with Crippen molar-refractivity contribution in [2.24, 2.45) is 0 Å². The van der Waals surface area contributed by atoms with Crippen LogP contribution in [0.25, 0.3) is 0 Å². The number of rotatable bonds is 2. The molecule has 80 valence electrons. The van der Waals surface area contributed by atoms with Crippen LogP contribution >= 0.6 is 11.6 Å². The first-order chi connectivity index (χ1) is 7.16. The first kappa shape index (κ1) is 10.2. The third-order valence-electron chi connectivity index (χ3n) is 2.31. The number of amides is 1. The lowest BCUT2D eigenvalue weighted by atomic mass is 10.2. The Kier molecular flexibility index (Phi) is 2.77. The van der Waals surface area contributed by atoms with Crippen LogP contribution in [0.4, 0.5) is 10.1 Å². The van der Waals surface area contributed by atoms with Crippen molar-refractivity contribution in [3.63, 3.8) is 0 Å². The van der Waals surface area contributed by atoms with E-state index >= 15 is 0 Å². The molecule has 0 radical (unpaired) electrons. The number of nitrogens with one attached hydrogen (secondary N) is 2. The highest BCUT2D eigenvalue weighted by Crippen LogP contribution is 2.21. The average Bonchev–Trinajstić information content (AvgIpc) is 2.58. The standard InChI is InChI=1S/C10H10ClFN2O/c11-6-1-2-7(12)9(5-6)14-8-3-4-13-10(8)15/h1-2,5,8,14H,3-4H2,(H,13,15). The van der Waals surface area contributed by atoms with E-state index in [1.807, 2.05) is 0 Å². The largest absolute Gasteiger partial charge is 0.371 e. The van der Waals surface area contributed by atoms with Gasteiger partial charge in [-0.3, -0.25) is 4.79 Å². The summed E-state index contributed by atoms with van der Waals surface area (Å²) in [7, 11) is 0. The van der Waals surface area contributed by atoms with E-state index in [0.29, 0.717) is 18.0 Å². The smallest absolute Gasteiger partial charge is 0.242 e. The Morgan fingerprint density at radius 3 is 3.00 bits per heavy atom. The fraction of sp³-hybridized carbons (Fsp3) is 0.300. The molecule has 2 rings (SSSR count). The maximum atomic E-state index is 13.3. The molecule has 1 unspecified atom stereocenters. The molecule has 1 saturated heterocycles. The van der Waals surface area contributed by atoms with Crippen molar-refractivity contribution in [2.75, 3.05) is 11.9 Å². The molecule has 5 heteroatoms. The Balaban J connectivity index is 2.16. The van der Waals surface area contributed by atoms with Crippen LogP contribution in [0.1, 0.15) is 6.42 Å². The Morgan fingerprint density at radius 2 is 2.33 bits per heavy atom. The van der Waals surface area contributed by atoms with Gasteiger partial charge in [0, 0.05) is 11.6 Å². The number of anilines is 1. The number of hydrogen-bond acceptors (Lipinski definition) is 2. The molecule has 1 aliphatic rings. The lowest BCUT2D eigenvalue weighted by Crippen LogP contribution is -2.29. The SMILES string of the molecule is O=C1NCCC1Nc1cc(Cl)ccc1F. The van der Waals surface area contributed by atoms with Crippen LogP contribution in [-0.2, 0) is 4.79 Å². The van der Waals surface area contributed by atoms with E-state index in [0.717, 1.165) is 0 Å². The van der Waals surface area contributed by atoms with E-state index in [9.17, 15) is 9.18 Å². The minimum absolute atomic E-state index is 0.102. The van der Waals surface area contributed by atoms with Gasteiger partial charge in [-0.05, 0) is 24.6 Å². The highest BCUT2D eigenvalue weighted by molar-refractivity contribution is 6.30. The van der Waals surface area contributed by atoms with Crippen molar-refractivity contribution in [3.8, 4) is 0 Å². The van der Waals surface area contributed by atoms with E-state index in [1.54, 1.807) is 0 Å². The van der Waals surface area contributed by atoms with Crippen molar-refractivity contribution in [1.82, 2.24) is 5.32 Å². The molecule has 1 atom stereocenters. The molecule has 0 saturated carbocycles. The molecule has 1 aliphatic heterocycles. The minimum Gasteiger partial charge on any atom is -0.371 e. The van der Waals surface area contributed by atoms with Crippen LogP contribution in [0.2, 0.25) is 5.02 Å². The lowest BCUT2D eigenvalue weighted by molar-refractivity contribution is -0.119. The second kappa shape index (κ2) is 4.06. The molecule has 1 amide bonds. The van der Waals surface area contributed by atoms with Gasteiger partial charge < -0.3 is 10.6 Å². The summed E-state index contributed by atoms with van der Waals surface area (Å²) in [5.74, 6) is -0.506. The summed E-state index contributed by atoms with van der Waals surface area (Å²) in [6, 6.07) is 3.86. The predicted molar refractivity (Wildman–Crippen MR) is 56.4 cm³/mol. The van der Waals surface area contributed by atoms with Crippen LogP contribution in [0, 0.1) is 5.82 Å². The molecular formula is C10H10ClFN2O. The highest BCUT2D eigenvalue weighted by Gasteiger charge is 2.24. The van der Waals surface area contributed by atoms with Crippen LogP contribution in [-0.4, -0.2) is 18.5 Å². The van der Waals surface area contributed by atoms with Gasteiger partial charge in [-0.15, -0.1) is 0 Å². The maximum Gasteiger partial charge on any atom is 0.242 e. The summed E-state index contributed by atoms with van der Waals surface area (Å²) in [5, 5.41) is 5.94. The zero-order chi connectivity index (χ0) is 10.8. The first-order valence-corrected chi connectivity index (χ1v) is 5.04. The molecule has 15 heavy (non-hydrogen) atoms. The number of benzene rings is 1. The van der Waals surface area contributed by atoms with Crippen LogP contribution < -0.4 is 10.6 Å². The number of carbonyl (C=O) groups is 1. The predicted octanol–water partition coefficient (Wildman–Crippen LogP) is 1.78. The van der Waals surface area contributed by atoms with E-state index in [2.05, 4.69) is 10.6 Å². The van der Waals surface area contributed by atoms with Crippen LogP contribution in [0.15, 0.2) is 18.2 Å². The minimum atomic E-state index is -0.404. The van der Waals surface area contributed by atoms with E-state index in [-0.39, 0.29) is 17.6 Å². The summed E-state index contributed by atoms with van der Waals surface area (Å²) in [4.78, 5) is 11.2. The molecule has 0 spiro atoms. The second-order valence-electron chi connectivity index (χ2n) is 3.40. The molecule has 3 nitrogen and oxygen atoms in total. The maximum absolute atomic E-state index is 13.3. The molecule has 1 fully saturated rings. The fourth-order valence-electron chi connectivity index (χ4n) is 1.53. The van der Waals surface area contributed by atoms with Crippen molar-refractivity contribution >= 4 is 23.2 Å². The molecule has 2 N–H and O–H groups in total.